The molecule has 6 nitrogen and oxygen atoms in total. The molecule has 0 unspecified atom stereocenters. The highest BCUT2D eigenvalue weighted by Gasteiger charge is 2.23. The first-order chi connectivity index (χ1) is 32.2. The van der Waals surface area contributed by atoms with Crippen molar-refractivity contribution >= 4 is 87.2 Å². The molecule has 0 aliphatic rings. The molecule has 0 spiro atoms. The van der Waals surface area contributed by atoms with Crippen LogP contribution >= 0.6 is 0 Å². The molecule has 14 rings (SSSR count). The van der Waals surface area contributed by atoms with E-state index < -0.39 is 0 Å². The molecule has 9 aromatic carbocycles. The molecule has 0 aliphatic carbocycles. The van der Waals surface area contributed by atoms with Crippen molar-refractivity contribution in [2.75, 3.05) is 0 Å². The van der Waals surface area contributed by atoms with E-state index in [1.807, 2.05) is 18.5 Å². The summed E-state index contributed by atoms with van der Waals surface area (Å²) in [7, 11) is 0. The van der Waals surface area contributed by atoms with Gasteiger partial charge in [-0.3, -0.25) is 0 Å². The molecule has 14 aromatic rings. The fourth-order valence-corrected chi connectivity index (χ4v) is 10.8. The maximum absolute atomic E-state index is 4.82. The molecule has 5 aromatic heterocycles. The van der Waals surface area contributed by atoms with Gasteiger partial charge in [0.2, 0.25) is 0 Å². The zero-order valence-corrected chi connectivity index (χ0v) is 35.4. The average Bonchev–Trinajstić information content (AvgIpc) is 4.09. The quantitative estimate of drug-likeness (QED) is 0.173. The highest BCUT2D eigenvalue weighted by Crippen LogP contribution is 2.42. The van der Waals surface area contributed by atoms with Gasteiger partial charge in [0, 0.05) is 72.4 Å². The zero-order chi connectivity index (χ0) is 42.8. The Labute approximate surface area is 373 Å². The fourth-order valence-electron chi connectivity index (χ4n) is 10.8. The summed E-state index contributed by atoms with van der Waals surface area (Å²) in [5.74, 6) is 0.679. The zero-order valence-electron chi connectivity index (χ0n) is 35.4. The van der Waals surface area contributed by atoms with Gasteiger partial charge < -0.3 is 18.3 Å². The second-order valence-corrected chi connectivity index (χ2v) is 17.1. The van der Waals surface area contributed by atoms with Crippen LogP contribution in [0.3, 0.4) is 0 Å². The lowest BCUT2D eigenvalue weighted by molar-refractivity contribution is 1.08. The number of nitrogens with zero attached hydrogens (tertiary/aromatic N) is 6. The Kier molecular flexibility index (Phi) is 7.51. The van der Waals surface area contributed by atoms with Gasteiger partial charge in [-0.25, -0.2) is 9.97 Å². The van der Waals surface area contributed by atoms with Crippen LogP contribution in [0.1, 0.15) is 5.56 Å². The summed E-state index contributed by atoms with van der Waals surface area (Å²) in [6.45, 7) is 2.26. The van der Waals surface area contributed by atoms with E-state index in [4.69, 9.17) is 9.97 Å². The van der Waals surface area contributed by atoms with Gasteiger partial charge in [0.1, 0.15) is 0 Å². The maximum Gasteiger partial charge on any atom is 0.159 e. The van der Waals surface area contributed by atoms with Crippen LogP contribution in [-0.4, -0.2) is 28.2 Å². The van der Waals surface area contributed by atoms with Crippen LogP contribution < -0.4 is 0 Å². The first-order valence-corrected chi connectivity index (χ1v) is 22.2. The van der Waals surface area contributed by atoms with Crippen molar-refractivity contribution in [2.45, 2.75) is 6.92 Å². The summed E-state index contributed by atoms with van der Waals surface area (Å²) in [6.07, 6.45) is 3.66. The number of rotatable bonds is 5. The molecule has 304 valence electrons. The summed E-state index contributed by atoms with van der Waals surface area (Å²) in [4.78, 5) is 9.63. The molecule has 0 saturated heterocycles. The van der Waals surface area contributed by atoms with Gasteiger partial charge in [-0.2, -0.15) is 0 Å². The summed E-state index contributed by atoms with van der Waals surface area (Å²) >= 11 is 0. The lowest BCUT2D eigenvalue weighted by atomic mass is 10.0. The van der Waals surface area contributed by atoms with E-state index in [0.717, 1.165) is 55.9 Å². The van der Waals surface area contributed by atoms with Crippen molar-refractivity contribution in [2.24, 2.45) is 0 Å². The fraction of sp³-hybridized carbons (Fsp3) is 0.0169. The number of hydrogen-bond donors (Lipinski definition) is 0. The SMILES string of the molecule is Cc1c(-n2c3ccccc3c3cc(-n4c5ccccc5c5ccccc54)ccc32)cc(-c2ncccn2)cc1-n1c2ccccc2c2cc(-n3c4ccccc4c4ccccc43)ccc21. The molecular formula is C59H38N6. The molecule has 0 aliphatic heterocycles. The normalized spacial score (nSPS) is 12.1. The third-order valence-corrected chi connectivity index (χ3v) is 13.6. The second-order valence-electron chi connectivity index (χ2n) is 17.1. The largest absolute Gasteiger partial charge is 0.309 e. The van der Waals surface area contributed by atoms with Gasteiger partial charge in [0.15, 0.2) is 5.82 Å². The molecule has 0 fully saturated rings. The van der Waals surface area contributed by atoms with Crippen LogP contribution in [0.15, 0.2) is 213 Å². The predicted octanol–water partition coefficient (Wildman–Crippen LogP) is 14.8. The van der Waals surface area contributed by atoms with Crippen molar-refractivity contribution in [3.05, 3.63) is 218 Å². The monoisotopic (exact) mass is 830 g/mol. The number of aromatic nitrogens is 6. The minimum atomic E-state index is 0.679. The average molecular weight is 831 g/mol. The van der Waals surface area contributed by atoms with Crippen LogP contribution in [0.2, 0.25) is 0 Å². The summed E-state index contributed by atoms with van der Waals surface area (Å²) < 4.78 is 9.70. The maximum atomic E-state index is 4.82. The van der Waals surface area contributed by atoms with Crippen molar-refractivity contribution in [1.29, 1.82) is 0 Å². The Morgan fingerprint density at radius 1 is 0.292 bits per heavy atom. The first-order valence-electron chi connectivity index (χ1n) is 22.2. The molecule has 5 heterocycles. The first kappa shape index (κ1) is 35.8. The Hall–Kier alpha value is -8.74. The van der Waals surface area contributed by atoms with E-state index in [-0.39, 0.29) is 0 Å². The standard InChI is InChI=1S/C59H38N6/c1-37-57(64-53-25-12-6-19-45(53)47-35-39(27-29-55(47)64)62-49-21-8-2-15-41(49)42-16-3-9-22-50(42)62)33-38(59-60-31-14-32-61-59)34-58(37)65-54-26-13-7-20-46(54)48-36-40(28-30-56(48)65)63-51-23-10-4-17-43(51)44-18-5-11-24-52(44)63/h2-36H,1H3. The van der Waals surface area contributed by atoms with Crippen molar-refractivity contribution in [3.8, 4) is 34.1 Å². The van der Waals surface area contributed by atoms with Crippen LogP contribution in [0.4, 0.5) is 0 Å². The lowest BCUT2D eigenvalue weighted by Gasteiger charge is -2.19. The number of hydrogen-bond acceptors (Lipinski definition) is 2. The van der Waals surface area contributed by atoms with Gasteiger partial charge >= 0.3 is 0 Å². The van der Waals surface area contributed by atoms with Crippen molar-refractivity contribution in [3.63, 3.8) is 0 Å². The molecule has 0 bridgehead atoms. The molecule has 6 heteroatoms. The number of benzene rings is 9. The predicted molar refractivity (Wildman–Crippen MR) is 270 cm³/mol. The minimum absolute atomic E-state index is 0.679. The molecule has 0 radical (unpaired) electrons. The minimum Gasteiger partial charge on any atom is -0.309 e. The van der Waals surface area contributed by atoms with Gasteiger partial charge in [-0.15, -0.1) is 0 Å². The van der Waals surface area contributed by atoms with Crippen LogP contribution in [0.25, 0.3) is 121 Å². The summed E-state index contributed by atoms with van der Waals surface area (Å²) in [5.41, 5.74) is 15.8. The van der Waals surface area contributed by atoms with Gasteiger partial charge in [-0.1, -0.05) is 109 Å². The Bertz CT molecular complexity index is 3900. The van der Waals surface area contributed by atoms with Crippen LogP contribution in [-0.2, 0) is 0 Å². The Balaban J connectivity index is 1.03. The highest BCUT2D eigenvalue weighted by molar-refractivity contribution is 6.14. The summed E-state index contributed by atoms with van der Waals surface area (Å²) in [6, 6.07) is 72.8. The second kappa shape index (κ2) is 13.6. The topological polar surface area (TPSA) is 45.5 Å². The van der Waals surface area contributed by atoms with Crippen LogP contribution in [0, 0.1) is 6.92 Å². The Morgan fingerprint density at radius 3 is 0.969 bits per heavy atom. The number of fused-ring (bicyclic) bond motifs is 12. The lowest BCUT2D eigenvalue weighted by Crippen LogP contribution is -2.05. The highest BCUT2D eigenvalue weighted by atomic mass is 15.0. The van der Waals surface area contributed by atoms with Crippen LogP contribution in [0.5, 0.6) is 0 Å². The van der Waals surface area contributed by atoms with E-state index in [2.05, 4.69) is 219 Å². The Morgan fingerprint density at radius 2 is 0.600 bits per heavy atom. The molecule has 65 heavy (non-hydrogen) atoms. The van der Waals surface area contributed by atoms with E-state index in [1.165, 1.54) is 65.2 Å². The van der Waals surface area contributed by atoms with E-state index >= 15 is 0 Å². The number of para-hydroxylation sites is 6. The molecule has 0 atom stereocenters. The molecular weight excluding hydrogens is 793 g/mol. The van der Waals surface area contributed by atoms with Crippen molar-refractivity contribution in [1.82, 2.24) is 28.2 Å². The van der Waals surface area contributed by atoms with E-state index in [1.54, 1.807) is 0 Å². The van der Waals surface area contributed by atoms with Gasteiger partial charge in [0.25, 0.3) is 0 Å². The van der Waals surface area contributed by atoms with E-state index in [0.29, 0.717) is 5.82 Å². The third kappa shape index (κ3) is 5.10. The van der Waals surface area contributed by atoms with Gasteiger partial charge in [0.05, 0.1) is 55.5 Å². The van der Waals surface area contributed by atoms with Gasteiger partial charge in [-0.05, 0) is 103 Å². The summed E-state index contributed by atoms with van der Waals surface area (Å²) in [5, 5.41) is 9.78. The third-order valence-electron chi connectivity index (χ3n) is 13.6. The molecule has 0 N–H and O–H groups in total. The molecule has 0 amide bonds. The smallest absolute Gasteiger partial charge is 0.159 e. The van der Waals surface area contributed by atoms with Crippen molar-refractivity contribution < 1.29 is 0 Å². The molecule has 0 saturated carbocycles. The van der Waals surface area contributed by atoms with E-state index in [9.17, 15) is 0 Å².